The molecule has 0 aliphatic rings. The van der Waals surface area contributed by atoms with E-state index in [1.54, 1.807) is 6.20 Å². The van der Waals surface area contributed by atoms with Crippen LogP contribution in [-0.2, 0) is 0 Å². The highest BCUT2D eigenvalue weighted by atomic mass is 14.9. The molecule has 0 unspecified atom stereocenters. The summed E-state index contributed by atoms with van der Waals surface area (Å²) in [5.74, 6) is 0.695. The Morgan fingerprint density at radius 1 is 0.327 bits per heavy atom. The lowest BCUT2D eigenvalue weighted by molar-refractivity contribution is 1.18. The predicted octanol–water partition coefficient (Wildman–Crippen LogP) is 12.8. The van der Waals surface area contributed by atoms with Crippen LogP contribution in [0, 0.1) is 0 Å². The molecule has 52 heavy (non-hydrogen) atoms. The number of aromatic nitrogens is 3. The lowest BCUT2D eigenvalue weighted by Crippen LogP contribution is -1.97. The standard InChI is InChI=1S/C49H31N3/c1-2-8-39(9-3-1)49-51-45(30-46(52-49)43-14-5-4-13-41(43)40-12-7-29-50-31-40)35-21-17-33(18-22-35)32-15-19-34(20-16-32)42-27-25-38-24-23-36-10-6-11-37-26-28-44(42)48(38)47(36)37/h1-31H. The minimum absolute atomic E-state index is 0.695. The van der Waals surface area contributed by atoms with Gasteiger partial charge in [0, 0.05) is 34.6 Å². The maximum absolute atomic E-state index is 5.10. The Labute approximate surface area is 301 Å². The van der Waals surface area contributed by atoms with Crippen molar-refractivity contribution in [3.63, 3.8) is 0 Å². The summed E-state index contributed by atoms with van der Waals surface area (Å²) in [6.07, 6.45) is 3.70. The maximum Gasteiger partial charge on any atom is 0.160 e. The molecule has 8 aromatic carbocycles. The van der Waals surface area contributed by atoms with Crippen LogP contribution in [0.1, 0.15) is 0 Å². The average Bonchev–Trinajstić information content (AvgIpc) is 3.23. The van der Waals surface area contributed by atoms with Gasteiger partial charge in [-0.15, -0.1) is 0 Å². The third-order valence-electron chi connectivity index (χ3n) is 10.2. The summed E-state index contributed by atoms with van der Waals surface area (Å²) in [6, 6.07) is 62.5. The first-order chi connectivity index (χ1) is 25.8. The minimum atomic E-state index is 0.695. The number of nitrogens with zero attached hydrogens (tertiary/aromatic N) is 3. The zero-order valence-corrected chi connectivity index (χ0v) is 28.2. The van der Waals surface area contributed by atoms with Gasteiger partial charge in [0.2, 0.25) is 0 Å². The van der Waals surface area contributed by atoms with Gasteiger partial charge in [-0.1, -0.05) is 164 Å². The molecule has 0 bridgehead atoms. The van der Waals surface area contributed by atoms with E-state index in [0.29, 0.717) is 5.82 Å². The third kappa shape index (κ3) is 5.19. The van der Waals surface area contributed by atoms with E-state index in [4.69, 9.17) is 9.97 Å². The first kappa shape index (κ1) is 29.9. The zero-order chi connectivity index (χ0) is 34.4. The molecule has 10 aromatic rings. The van der Waals surface area contributed by atoms with Crippen molar-refractivity contribution in [1.82, 2.24) is 15.0 Å². The number of hydrogen-bond acceptors (Lipinski definition) is 3. The van der Waals surface area contributed by atoms with Crippen molar-refractivity contribution >= 4 is 32.3 Å². The van der Waals surface area contributed by atoms with Crippen molar-refractivity contribution in [3.05, 3.63) is 188 Å². The summed E-state index contributed by atoms with van der Waals surface area (Å²) < 4.78 is 0. The molecule has 3 nitrogen and oxygen atoms in total. The summed E-state index contributed by atoms with van der Waals surface area (Å²) in [6.45, 7) is 0. The van der Waals surface area contributed by atoms with Crippen molar-refractivity contribution in [2.45, 2.75) is 0 Å². The first-order valence-corrected chi connectivity index (χ1v) is 17.6. The molecule has 0 amide bonds. The molecule has 0 fully saturated rings. The molecule has 0 radical (unpaired) electrons. The van der Waals surface area contributed by atoms with Crippen LogP contribution in [0.15, 0.2) is 188 Å². The van der Waals surface area contributed by atoms with Gasteiger partial charge < -0.3 is 0 Å². The second-order valence-electron chi connectivity index (χ2n) is 13.2. The van der Waals surface area contributed by atoms with E-state index in [1.807, 2.05) is 30.5 Å². The molecule has 0 saturated carbocycles. The predicted molar refractivity (Wildman–Crippen MR) is 216 cm³/mol. The molecular formula is C49H31N3. The molecule has 3 heteroatoms. The van der Waals surface area contributed by atoms with E-state index in [9.17, 15) is 0 Å². The molecule has 242 valence electrons. The number of hydrogen-bond donors (Lipinski definition) is 0. The van der Waals surface area contributed by atoms with Crippen molar-refractivity contribution < 1.29 is 0 Å². The summed E-state index contributed by atoms with van der Waals surface area (Å²) in [5.41, 5.74) is 11.7. The molecule has 2 aromatic heterocycles. The smallest absolute Gasteiger partial charge is 0.160 e. The van der Waals surface area contributed by atoms with E-state index in [2.05, 4.69) is 157 Å². The van der Waals surface area contributed by atoms with Crippen LogP contribution in [0.3, 0.4) is 0 Å². The van der Waals surface area contributed by atoms with Crippen LogP contribution in [0.5, 0.6) is 0 Å². The van der Waals surface area contributed by atoms with Crippen LogP contribution in [0.25, 0.3) is 99.6 Å². The van der Waals surface area contributed by atoms with Crippen molar-refractivity contribution in [2.24, 2.45) is 0 Å². The molecule has 0 aliphatic carbocycles. The van der Waals surface area contributed by atoms with Gasteiger partial charge in [0.05, 0.1) is 11.4 Å². The highest BCUT2D eigenvalue weighted by molar-refractivity contribution is 6.25. The van der Waals surface area contributed by atoms with Gasteiger partial charge in [-0.3, -0.25) is 4.98 Å². The largest absolute Gasteiger partial charge is 0.264 e. The second-order valence-corrected chi connectivity index (χ2v) is 13.2. The van der Waals surface area contributed by atoms with Crippen LogP contribution < -0.4 is 0 Å². The molecule has 10 rings (SSSR count). The van der Waals surface area contributed by atoms with E-state index in [1.165, 1.54) is 49.0 Å². The molecule has 0 saturated heterocycles. The van der Waals surface area contributed by atoms with E-state index in [0.717, 1.165) is 44.8 Å². The van der Waals surface area contributed by atoms with Gasteiger partial charge in [0.25, 0.3) is 0 Å². The quantitative estimate of drug-likeness (QED) is 0.166. The highest BCUT2D eigenvalue weighted by Crippen LogP contribution is 2.40. The normalized spacial score (nSPS) is 11.5. The molecule has 0 spiro atoms. The molecular weight excluding hydrogens is 631 g/mol. The Hall–Kier alpha value is -6.97. The number of benzene rings is 8. The molecule has 2 heterocycles. The highest BCUT2D eigenvalue weighted by Gasteiger charge is 2.15. The van der Waals surface area contributed by atoms with Crippen molar-refractivity contribution in [1.29, 1.82) is 0 Å². The fourth-order valence-corrected chi connectivity index (χ4v) is 7.59. The molecule has 0 aliphatic heterocycles. The molecule has 0 atom stereocenters. The topological polar surface area (TPSA) is 38.7 Å². The minimum Gasteiger partial charge on any atom is -0.264 e. The van der Waals surface area contributed by atoms with Crippen molar-refractivity contribution in [3.8, 4) is 67.3 Å². The summed E-state index contributed by atoms with van der Waals surface area (Å²) >= 11 is 0. The van der Waals surface area contributed by atoms with Crippen LogP contribution in [0.2, 0.25) is 0 Å². The van der Waals surface area contributed by atoms with E-state index >= 15 is 0 Å². The van der Waals surface area contributed by atoms with Gasteiger partial charge >= 0.3 is 0 Å². The summed E-state index contributed by atoms with van der Waals surface area (Å²) in [5, 5.41) is 7.84. The van der Waals surface area contributed by atoms with Crippen LogP contribution in [-0.4, -0.2) is 15.0 Å². The zero-order valence-electron chi connectivity index (χ0n) is 28.2. The van der Waals surface area contributed by atoms with Crippen LogP contribution in [0.4, 0.5) is 0 Å². The lowest BCUT2D eigenvalue weighted by atomic mass is 9.89. The second kappa shape index (κ2) is 12.4. The summed E-state index contributed by atoms with van der Waals surface area (Å²) in [4.78, 5) is 14.6. The van der Waals surface area contributed by atoms with E-state index < -0.39 is 0 Å². The van der Waals surface area contributed by atoms with Gasteiger partial charge in [-0.2, -0.15) is 0 Å². The Morgan fingerprint density at radius 2 is 0.923 bits per heavy atom. The number of rotatable bonds is 6. The van der Waals surface area contributed by atoms with Gasteiger partial charge in [0.1, 0.15) is 0 Å². The Kier molecular flexibility index (Phi) is 7.14. The number of pyridine rings is 1. The fourth-order valence-electron chi connectivity index (χ4n) is 7.59. The monoisotopic (exact) mass is 661 g/mol. The average molecular weight is 662 g/mol. The maximum atomic E-state index is 5.10. The third-order valence-corrected chi connectivity index (χ3v) is 10.2. The van der Waals surface area contributed by atoms with Gasteiger partial charge in [-0.25, -0.2) is 9.97 Å². The van der Waals surface area contributed by atoms with Crippen molar-refractivity contribution in [2.75, 3.05) is 0 Å². The van der Waals surface area contributed by atoms with Gasteiger partial charge in [0.15, 0.2) is 5.82 Å². The summed E-state index contributed by atoms with van der Waals surface area (Å²) in [7, 11) is 0. The van der Waals surface area contributed by atoms with E-state index in [-0.39, 0.29) is 0 Å². The Bertz CT molecular complexity index is 2850. The Balaban J connectivity index is 1.01. The van der Waals surface area contributed by atoms with Crippen LogP contribution >= 0.6 is 0 Å². The lowest BCUT2D eigenvalue weighted by Gasteiger charge is -2.14. The SMILES string of the molecule is c1ccc(-c2nc(-c3ccc(-c4ccc(-c5ccc6ccc7cccc8ccc5c6c78)cc4)cc3)cc(-c3ccccc3-c3cccnc3)n2)cc1. The fraction of sp³-hybridized carbons (Fsp3) is 0. The Morgan fingerprint density at radius 3 is 1.65 bits per heavy atom. The molecule has 0 N–H and O–H groups in total. The first-order valence-electron chi connectivity index (χ1n) is 17.6. The van der Waals surface area contributed by atoms with Gasteiger partial charge in [-0.05, 0) is 72.3 Å².